The van der Waals surface area contributed by atoms with Gasteiger partial charge in [-0.2, -0.15) is 10.2 Å². The van der Waals surface area contributed by atoms with Crippen LogP contribution < -0.4 is 4.74 Å². The second-order valence-electron chi connectivity index (χ2n) is 7.12. The predicted octanol–water partition coefficient (Wildman–Crippen LogP) is 5.35. The summed E-state index contributed by atoms with van der Waals surface area (Å²) in [7, 11) is 1.00. The van der Waals surface area contributed by atoms with E-state index in [2.05, 4.69) is 28.9 Å². The highest BCUT2D eigenvalue weighted by atomic mass is 16.5. The van der Waals surface area contributed by atoms with E-state index in [1.54, 1.807) is 18.2 Å². The molecule has 0 unspecified atom stereocenters. The highest BCUT2D eigenvalue weighted by molar-refractivity contribution is 5.66. The molecule has 0 amide bonds. The number of aromatic nitrogens is 2. The van der Waals surface area contributed by atoms with Crippen molar-refractivity contribution in [3.8, 4) is 34.7 Å². The van der Waals surface area contributed by atoms with Crippen LogP contribution in [0.25, 0.3) is 22.8 Å². The molecule has 0 radical (unpaired) electrons. The molecule has 0 saturated carbocycles. The number of hydrogen-bond donors (Lipinski definition) is 1. The van der Waals surface area contributed by atoms with Crippen LogP contribution in [0, 0.1) is 11.3 Å². The van der Waals surface area contributed by atoms with Crippen molar-refractivity contribution in [3.05, 3.63) is 65.7 Å². The van der Waals surface area contributed by atoms with Gasteiger partial charge in [-0.05, 0) is 69.4 Å². The van der Waals surface area contributed by atoms with Crippen LogP contribution in [0.5, 0.6) is 5.75 Å². The van der Waals surface area contributed by atoms with Crippen LogP contribution >= 0.6 is 0 Å². The van der Waals surface area contributed by atoms with Crippen molar-refractivity contribution in [2.75, 3.05) is 7.11 Å². The third-order valence-electron chi connectivity index (χ3n) is 4.52. The van der Waals surface area contributed by atoms with Crippen LogP contribution in [0.15, 0.2) is 53.6 Å². The molecule has 3 aromatic rings. The van der Waals surface area contributed by atoms with Crippen molar-refractivity contribution < 1.29 is 14.4 Å². The fourth-order valence-corrected chi connectivity index (χ4v) is 3.39. The van der Waals surface area contributed by atoms with Gasteiger partial charge in [-0.25, -0.2) is 0 Å². The van der Waals surface area contributed by atoms with Crippen LogP contribution in [0.3, 0.4) is 0 Å². The zero-order valence-electron chi connectivity index (χ0n) is 18.6. The number of aryl methyl sites for hydroxylation is 1. The van der Waals surface area contributed by atoms with Crippen molar-refractivity contribution >= 4 is 0 Å². The Bertz CT molecular complexity index is 1050. The maximum Gasteiger partial charge on any atom is 0.258 e. The van der Waals surface area contributed by atoms with Crippen molar-refractivity contribution in [3.63, 3.8) is 0 Å². The van der Waals surface area contributed by atoms with Gasteiger partial charge >= 0.3 is 0 Å². The van der Waals surface area contributed by atoms with Crippen LogP contribution in [-0.4, -0.2) is 28.5 Å². The van der Waals surface area contributed by atoms with E-state index >= 15 is 0 Å². The second-order valence-corrected chi connectivity index (χ2v) is 7.12. The van der Waals surface area contributed by atoms with Gasteiger partial charge in [0.2, 0.25) is 5.82 Å². The van der Waals surface area contributed by atoms with E-state index in [4.69, 9.17) is 14.4 Å². The third kappa shape index (κ3) is 5.80. The highest BCUT2D eigenvalue weighted by Gasteiger charge is 2.19. The summed E-state index contributed by atoms with van der Waals surface area (Å²) in [5.41, 5.74) is 4.89. The first-order chi connectivity index (χ1) is 15.1. The van der Waals surface area contributed by atoms with E-state index in [1.165, 1.54) is 17.5 Å². The minimum Gasteiger partial charge on any atom is -0.490 e. The zero-order valence-corrected chi connectivity index (χ0v) is 18.6. The fourth-order valence-electron chi connectivity index (χ4n) is 3.39. The fraction of sp³-hybridized carbons (Fsp3) is 0.320. The number of aliphatic hydroxyl groups is 1. The van der Waals surface area contributed by atoms with Crippen LogP contribution in [0.1, 0.15) is 43.9 Å². The molecule has 0 aliphatic heterocycles. The Morgan fingerprint density at radius 3 is 2.65 bits per heavy atom. The first-order valence-corrected chi connectivity index (χ1v) is 10.2. The molecule has 4 rings (SSSR count). The van der Waals surface area contributed by atoms with Gasteiger partial charge in [0, 0.05) is 18.2 Å². The standard InChI is InChI=1S/C21H19N3O2.C3H6.CH4O/c1-13(2)25-19-10-9-15(11-16(19)12-22)21-23-20(24-26-21)18-8-4-6-14-5-3-7-17(14)18;1-3-2;1-2/h4,6,8-11,13H,3,5,7H2,1-2H3;3H,1H2,2H3;2H,1H3. The molecule has 0 fully saturated rings. The van der Waals surface area contributed by atoms with Crippen molar-refractivity contribution in [1.82, 2.24) is 10.1 Å². The molecule has 0 saturated heterocycles. The molecule has 1 heterocycles. The Hall–Kier alpha value is -3.43. The summed E-state index contributed by atoms with van der Waals surface area (Å²) in [5.74, 6) is 1.56. The number of nitriles is 1. The van der Waals surface area contributed by atoms with Gasteiger partial charge in [-0.15, -0.1) is 6.58 Å². The Morgan fingerprint density at radius 1 is 1.23 bits per heavy atom. The molecule has 1 aliphatic carbocycles. The van der Waals surface area contributed by atoms with Crippen LogP contribution in [0.2, 0.25) is 0 Å². The summed E-state index contributed by atoms with van der Waals surface area (Å²) in [6.07, 6.45) is 5.08. The molecule has 1 N–H and O–H groups in total. The molecule has 31 heavy (non-hydrogen) atoms. The average molecular weight is 420 g/mol. The number of benzene rings is 2. The summed E-state index contributed by atoms with van der Waals surface area (Å²) >= 11 is 0. The molecule has 2 aromatic carbocycles. The Morgan fingerprint density at radius 2 is 1.97 bits per heavy atom. The summed E-state index contributed by atoms with van der Waals surface area (Å²) in [5, 5.41) is 20.6. The SMILES string of the molecule is C=CC.CC(C)Oc1ccc(-c2nc(-c3cccc4c3CCC4)no2)cc1C#N.CO. The lowest BCUT2D eigenvalue weighted by Gasteiger charge is -2.11. The van der Waals surface area contributed by atoms with E-state index in [0.29, 0.717) is 28.6 Å². The molecule has 0 spiro atoms. The Balaban J connectivity index is 0.000000630. The maximum atomic E-state index is 9.40. The van der Waals surface area contributed by atoms with Crippen molar-refractivity contribution in [2.45, 2.75) is 46.1 Å². The van der Waals surface area contributed by atoms with Gasteiger partial charge in [-0.1, -0.05) is 29.4 Å². The van der Waals surface area contributed by atoms with Gasteiger partial charge in [0.05, 0.1) is 11.7 Å². The number of hydrogen-bond acceptors (Lipinski definition) is 6. The largest absolute Gasteiger partial charge is 0.490 e. The van der Waals surface area contributed by atoms with E-state index in [-0.39, 0.29) is 6.10 Å². The summed E-state index contributed by atoms with van der Waals surface area (Å²) < 4.78 is 11.1. The molecule has 6 heteroatoms. The van der Waals surface area contributed by atoms with Crippen LogP contribution in [0.4, 0.5) is 0 Å². The van der Waals surface area contributed by atoms with E-state index < -0.39 is 0 Å². The number of nitrogens with zero attached hydrogens (tertiary/aromatic N) is 3. The zero-order chi connectivity index (χ0) is 22.8. The molecule has 6 nitrogen and oxygen atoms in total. The number of allylic oxidation sites excluding steroid dienone is 1. The quantitative estimate of drug-likeness (QED) is 0.573. The first-order valence-electron chi connectivity index (χ1n) is 10.2. The molecule has 0 atom stereocenters. The normalized spacial score (nSPS) is 11.4. The lowest BCUT2D eigenvalue weighted by Crippen LogP contribution is -2.06. The van der Waals surface area contributed by atoms with Gasteiger partial charge in [-0.3, -0.25) is 0 Å². The molecule has 0 bridgehead atoms. The highest BCUT2D eigenvalue weighted by Crippen LogP contribution is 2.32. The summed E-state index contributed by atoms with van der Waals surface area (Å²) in [6, 6.07) is 13.8. The summed E-state index contributed by atoms with van der Waals surface area (Å²) in [6.45, 7) is 9.11. The van der Waals surface area contributed by atoms with Gasteiger partial charge < -0.3 is 14.4 Å². The third-order valence-corrected chi connectivity index (χ3v) is 4.52. The van der Waals surface area contributed by atoms with Gasteiger partial charge in [0.25, 0.3) is 5.89 Å². The van der Waals surface area contributed by atoms with E-state index in [1.807, 2.05) is 39.0 Å². The van der Waals surface area contributed by atoms with Gasteiger partial charge in [0.15, 0.2) is 0 Å². The van der Waals surface area contributed by atoms with E-state index in [9.17, 15) is 5.26 Å². The Kier molecular flexibility index (Phi) is 8.98. The lowest BCUT2D eigenvalue weighted by atomic mass is 10.0. The Labute approximate surface area is 183 Å². The monoisotopic (exact) mass is 419 g/mol. The molecular formula is C25H29N3O3. The molecular weight excluding hydrogens is 390 g/mol. The summed E-state index contributed by atoms with van der Waals surface area (Å²) in [4.78, 5) is 4.57. The second kappa shape index (κ2) is 11.7. The van der Waals surface area contributed by atoms with Crippen molar-refractivity contribution in [1.29, 1.82) is 5.26 Å². The lowest BCUT2D eigenvalue weighted by molar-refractivity contribution is 0.241. The van der Waals surface area contributed by atoms with Crippen LogP contribution in [-0.2, 0) is 12.8 Å². The number of rotatable bonds is 4. The minimum absolute atomic E-state index is 0.00290. The van der Waals surface area contributed by atoms with Crippen molar-refractivity contribution in [2.24, 2.45) is 0 Å². The predicted molar refractivity (Wildman–Crippen MR) is 122 cm³/mol. The number of fused-ring (bicyclic) bond motifs is 1. The molecule has 162 valence electrons. The average Bonchev–Trinajstić information content (AvgIpc) is 3.45. The number of ether oxygens (including phenoxy) is 1. The van der Waals surface area contributed by atoms with E-state index in [0.717, 1.165) is 25.5 Å². The number of aliphatic hydroxyl groups excluding tert-OH is 1. The maximum absolute atomic E-state index is 9.40. The minimum atomic E-state index is 0.00290. The molecule has 1 aliphatic rings. The first kappa shape index (κ1) is 23.8. The molecule has 1 aromatic heterocycles. The smallest absolute Gasteiger partial charge is 0.258 e. The topological polar surface area (TPSA) is 92.2 Å². The van der Waals surface area contributed by atoms with Gasteiger partial charge in [0.1, 0.15) is 11.8 Å².